The predicted octanol–water partition coefficient (Wildman–Crippen LogP) is 2.56. The lowest BCUT2D eigenvalue weighted by molar-refractivity contribution is 0.125. The third-order valence-corrected chi connectivity index (χ3v) is 5.89. The second kappa shape index (κ2) is 7.18. The van der Waals surface area contributed by atoms with Crippen LogP contribution in [-0.4, -0.2) is 56.6 Å². The average molecular weight is 386 g/mol. The lowest BCUT2D eigenvalue weighted by Crippen LogP contribution is -2.61. The summed E-state index contributed by atoms with van der Waals surface area (Å²) in [4.78, 5) is 17.6. The fraction of sp³-hybridized carbons (Fsp3) is 0.333. The van der Waals surface area contributed by atoms with Gasteiger partial charge in [-0.05, 0) is 44.2 Å². The summed E-state index contributed by atoms with van der Waals surface area (Å²) < 4.78 is 1.97. The van der Waals surface area contributed by atoms with E-state index in [0.717, 1.165) is 18.8 Å². The Bertz CT molecular complexity index is 1030. The molecular formula is C21H22N8. The van der Waals surface area contributed by atoms with Crippen LogP contribution in [0, 0.1) is 11.3 Å². The molecule has 0 spiro atoms. The maximum absolute atomic E-state index is 8.80. The van der Waals surface area contributed by atoms with Crippen molar-refractivity contribution in [1.82, 2.24) is 24.4 Å². The van der Waals surface area contributed by atoms with E-state index in [4.69, 9.17) is 5.26 Å². The van der Waals surface area contributed by atoms with Gasteiger partial charge >= 0.3 is 0 Å². The fourth-order valence-electron chi connectivity index (χ4n) is 4.28. The number of rotatable bonds is 4. The number of fused-ring (bicyclic) bond motifs is 3. The zero-order chi connectivity index (χ0) is 19.8. The van der Waals surface area contributed by atoms with E-state index in [-0.39, 0.29) is 5.69 Å². The maximum atomic E-state index is 8.80. The number of hydrogen-bond acceptors (Lipinski definition) is 7. The summed E-state index contributed by atoms with van der Waals surface area (Å²) >= 11 is 0. The second-order valence-electron chi connectivity index (χ2n) is 7.68. The molecule has 2 atom stereocenters. The number of likely N-dealkylation sites (N-methyl/N-ethyl adjacent to an activating group) is 1. The minimum Gasteiger partial charge on any atom is -0.366 e. The minimum absolute atomic E-state index is 0.287. The molecule has 3 aliphatic rings. The Balaban J connectivity index is 1.29. The highest BCUT2D eigenvalue weighted by molar-refractivity contribution is 5.55. The molecule has 3 saturated heterocycles. The molecule has 6 rings (SSSR count). The van der Waals surface area contributed by atoms with Crippen LogP contribution in [-0.2, 0) is 0 Å². The van der Waals surface area contributed by atoms with Crippen LogP contribution in [0.5, 0.6) is 0 Å². The molecule has 0 saturated carbocycles. The van der Waals surface area contributed by atoms with Crippen molar-refractivity contribution in [3.63, 3.8) is 0 Å². The van der Waals surface area contributed by atoms with Crippen molar-refractivity contribution in [2.24, 2.45) is 0 Å². The normalized spacial score (nSPS) is 21.2. The standard InChI is InChI=1S/C21H22N8/c1-27-11-19-7-6-18(27)12-29(19)17-4-2-16(3-5-17)28-13-21(25-14-28)26-20-10-23-15(8-22)9-24-20/h2-5,9-10,13-14,18-19H,6-7,11-12H2,1H3,(H,24,26)/t18-,19-/m0/s1. The van der Waals surface area contributed by atoms with Crippen molar-refractivity contribution in [3.8, 4) is 11.8 Å². The molecule has 0 unspecified atom stereocenters. The highest BCUT2D eigenvalue weighted by atomic mass is 15.3. The zero-order valence-corrected chi connectivity index (χ0v) is 16.2. The molecule has 0 radical (unpaired) electrons. The van der Waals surface area contributed by atoms with Crippen LogP contribution < -0.4 is 10.2 Å². The van der Waals surface area contributed by atoms with Gasteiger partial charge in [-0.25, -0.2) is 15.0 Å². The van der Waals surface area contributed by atoms with E-state index in [0.29, 0.717) is 23.7 Å². The molecule has 1 N–H and O–H groups in total. The third-order valence-electron chi connectivity index (χ3n) is 5.89. The van der Waals surface area contributed by atoms with E-state index in [1.54, 1.807) is 6.33 Å². The van der Waals surface area contributed by atoms with Crippen molar-refractivity contribution < 1.29 is 0 Å². The molecule has 3 aromatic rings. The number of anilines is 3. The molecule has 146 valence electrons. The van der Waals surface area contributed by atoms with Crippen LogP contribution in [0.3, 0.4) is 0 Å². The molecule has 1 aromatic carbocycles. The first-order chi connectivity index (χ1) is 14.2. The molecule has 8 nitrogen and oxygen atoms in total. The van der Waals surface area contributed by atoms with E-state index < -0.39 is 0 Å². The van der Waals surface area contributed by atoms with Gasteiger partial charge < -0.3 is 14.8 Å². The van der Waals surface area contributed by atoms with Crippen molar-refractivity contribution in [1.29, 1.82) is 5.26 Å². The average Bonchev–Trinajstić information content (AvgIpc) is 3.23. The molecular weight excluding hydrogens is 364 g/mol. The highest BCUT2D eigenvalue weighted by Gasteiger charge is 2.36. The van der Waals surface area contributed by atoms with Crippen molar-refractivity contribution in [3.05, 3.63) is 54.9 Å². The largest absolute Gasteiger partial charge is 0.366 e. The molecule has 0 aliphatic carbocycles. The number of nitrogens with zero attached hydrogens (tertiary/aromatic N) is 7. The minimum atomic E-state index is 0.287. The zero-order valence-electron chi connectivity index (χ0n) is 16.2. The molecule has 2 aromatic heterocycles. The number of aromatic nitrogens is 4. The van der Waals surface area contributed by atoms with Crippen LogP contribution in [0.15, 0.2) is 49.2 Å². The Labute approximate surface area is 169 Å². The molecule has 8 heteroatoms. The lowest BCUT2D eigenvalue weighted by atomic mass is 9.91. The lowest BCUT2D eigenvalue weighted by Gasteiger charge is -2.51. The SMILES string of the molecule is CN1C[C@@H]2CC[C@H]1CN2c1ccc(-n2cnc(Nc3cnc(C#N)cn3)c2)cc1. The molecule has 0 amide bonds. The number of imidazole rings is 1. The summed E-state index contributed by atoms with van der Waals surface area (Å²) in [5.41, 5.74) is 2.64. The van der Waals surface area contributed by atoms with Gasteiger partial charge in [0.25, 0.3) is 0 Å². The van der Waals surface area contributed by atoms with Crippen molar-refractivity contribution in [2.45, 2.75) is 24.9 Å². The van der Waals surface area contributed by atoms with Gasteiger partial charge in [0.1, 0.15) is 24.0 Å². The summed E-state index contributed by atoms with van der Waals surface area (Å²) in [6.45, 7) is 2.27. The molecule has 3 aliphatic heterocycles. The summed E-state index contributed by atoms with van der Waals surface area (Å²) in [6.07, 6.45) is 9.23. The van der Waals surface area contributed by atoms with Gasteiger partial charge in [0.15, 0.2) is 5.69 Å². The second-order valence-corrected chi connectivity index (χ2v) is 7.68. The van der Waals surface area contributed by atoms with Gasteiger partial charge in [-0.3, -0.25) is 4.90 Å². The number of piperazine rings is 1. The van der Waals surface area contributed by atoms with Gasteiger partial charge in [-0.2, -0.15) is 5.26 Å². The van der Waals surface area contributed by atoms with Gasteiger partial charge in [-0.15, -0.1) is 0 Å². The Kier molecular flexibility index (Phi) is 4.37. The summed E-state index contributed by atoms with van der Waals surface area (Å²) in [5.74, 6) is 1.22. The molecule has 29 heavy (non-hydrogen) atoms. The van der Waals surface area contributed by atoms with E-state index in [1.165, 1.54) is 30.9 Å². The number of nitrogens with one attached hydrogen (secondary N) is 1. The first-order valence-electron chi connectivity index (χ1n) is 9.80. The summed E-state index contributed by atoms with van der Waals surface area (Å²) in [5, 5.41) is 11.9. The third kappa shape index (κ3) is 3.41. The Morgan fingerprint density at radius 1 is 0.966 bits per heavy atom. The molecule has 5 heterocycles. The van der Waals surface area contributed by atoms with Crippen LogP contribution in [0.4, 0.5) is 17.3 Å². The Morgan fingerprint density at radius 2 is 1.76 bits per heavy atom. The van der Waals surface area contributed by atoms with E-state index >= 15 is 0 Å². The van der Waals surface area contributed by atoms with Gasteiger partial charge in [-0.1, -0.05) is 0 Å². The van der Waals surface area contributed by atoms with E-state index in [1.807, 2.05) is 16.8 Å². The number of hydrogen-bond donors (Lipinski definition) is 1. The van der Waals surface area contributed by atoms with Gasteiger partial charge in [0.2, 0.25) is 0 Å². The highest BCUT2D eigenvalue weighted by Crippen LogP contribution is 2.32. The summed E-state index contributed by atoms with van der Waals surface area (Å²) in [6, 6.07) is 11.9. The smallest absolute Gasteiger partial charge is 0.158 e. The first-order valence-corrected chi connectivity index (χ1v) is 9.80. The quantitative estimate of drug-likeness (QED) is 0.737. The van der Waals surface area contributed by atoms with Crippen molar-refractivity contribution >= 4 is 17.3 Å². The maximum Gasteiger partial charge on any atom is 0.158 e. The van der Waals surface area contributed by atoms with Gasteiger partial charge in [0.05, 0.1) is 18.6 Å². The fourth-order valence-corrected chi connectivity index (χ4v) is 4.28. The number of benzene rings is 1. The first kappa shape index (κ1) is 17.6. The van der Waals surface area contributed by atoms with Gasteiger partial charge in [0, 0.05) is 36.5 Å². The van der Waals surface area contributed by atoms with E-state index in [2.05, 4.69) is 61.4 Å². The van der Waals surface area contributed by atoms with Crippen LogP contribution in [0.2, 0.25) is 0 Å². The molecule has 3 fully saturated rings. The predicted molar refractivity (Wildman–Crippen MR) is 110 cm³/mol. The van der Waals surface area contributed by atoms with Crippen LogP contribution in [0.25, 0.3) is 5.69 Å². The molecule has 2 bridgehead atoms. The Morgan fingerprint density at radius 3 is 2.41 bits per heavy atom. The Hall–Kier alpha value is -3.44. The van der Waals surface area contributed by atoms with Crippen LogP contribution in [0.1, 0.15) is 18.5 Å². The number of nitriles is 1. The number of piperidine rings is 2. The van der Waals surface area contributed by atoms with E-state index in [9.17, 15) is 0 Å². The monoisotopic (exact) mass is 386 g/mol. The summed E-state index contributed by atoms with van der Waals surface area (Å²) in [7, 11) is 2.24. The topological polar surface area (TPSA) is 85.9 Å². The van der Waals surface area contributed by atoms with Crippen molar-refractivity contribution in [2.75, 3.05) is 30.4 Å². The van der Waals surface area contributed by atoms with Crippen LogP contribution >= 0.6 is 0 Å².